The Morgan fingerprint density at radius 2 is 1.85 bits per heavy atom. The standard InChI is InChI=1S/C16H24N2O.ClH/c1-12(2)14-7-5-13(6-8-14)11-18(3)15(19)16(17)9-4-10-16;/h5-8,12H,4,9-11,17H2,1-3H3;1H. The minimum absolute atomic E-state index is 0. The highest BCUT2D eigenvalue weighted by Gasteiger charge is 2.41. The molecule has 1 saturated carbocycles. The van der Waals surface area contributed by atoms with E-state index in [0.717, 1.165) is 24.8 Å². The van der Waals surface area contributed by atoms with Crippen molar-refractivity contribution in [1.82, 2.24) is 4.90 Å². The van der Waals surface area contributed by atoms with Gasteiger partial charge in [-0.3, -0.25) is 4.79 Å². The zero-order chi connectivity index (χ0) is 14.0. The molecular formula is C16H25ClN2O. The number of likely N-dealkylation sites (N-methyl/N-ethyl adjacent to an activating group) is 1. The molecule has 0 unspecified atom stereocenters. The van der Waals surface area contributed by atoms with Crippen LogP contribution in [-0.2, 0) is 11.3 Å². The third-order valence-corrected chi connectivity index (χ3v) is 4.08. The lowest BCUT2D eigenvalue weighted by Crippen LogP contribution is -2.58. The molecule has 0 aliphatic heterocycles. The third kappa shape index (κ3) is 3.53. The van der Waals surface area contributed by atoms with E-state index in [1.807, 2.05) is 7.05 Å². The molecule has 4 heteroatoms. The number of rotatable bonds is 4. The number of benzene rings is 1. The number of nitrogens with two attached hydrogens (primary N) is 1. The van der Waals surface area contributed by atoms with Crippen molar-refractivity contribution in [3.63, 3.8) is 0 Å². The van der Waals surface area contributed by atoms with Crippen LogP contribution >= 0.6 is 12.4 Å². The lowest BCUT2D eigenvalue weighted by molar-refractivity contribution is -0.139. The van der Waals surface area contributed by atoms with Crippen molar-refractivity contribution in [2.45, 2.75) is 51.1 Å². The average Bonchev–Trinajstić information content (AvgIpc) is 2.35. The largest absolute Gasteiger partial charge is 0.340 e. The van der Waals surface area contributed by atoms with Gasteiger partial charge in [0.15, 0.2) is 0 Å². The maximum Gasteiger partial charge on any atom is 0.242 e. The van der Waals surface area contributed by atoms with Gasteiger partial charge < -0.3 is 10.6 Å². The first kappa shape index (κ1) is 17.0. The molecule has 20 heavy (non-hydrogen) atoms. The van der Waals surface area contributed by atoms with Crippen molar-refractivity contribution < 1.29 is 4.79 Å². The Kier molecular flexibility index (Phi) is 5.60. The molecule has 0 radical (unpaired) electrons. The molecule has 1 aromatic rings. The molecule has 2 rings (SSSR count). The lowest BCUT2D eigenvalue weighted by atomic mass is 9.76. The maximum absolute atomic E-state index is 12.2. The average molecular weight is 297 g/mol. The van der Waals surface area contributed by atoms with Gasteiger partial charge in [0, 0.05) is 13.6 Å². The monoisotopic (exact) mass is 296 g/mol. The summed E-state index contributed by atoms with van der Waals surface area (Å²) in [5.41, 5.74) is 7.96. The van der Waals surface area contributed by atoms with Crippen molar-refractivity contribution in [2.24, 2.45) is 5.73 Å². The zero-order valence-electron chi connectivity index (χ0n) is 12.6. The fourth-order valence-corrected chi connectivity index (χ4v) is 2.51. The Balaban J connectivity index is 0.00000200. The van der Waals surface area contributed by atoms with Crippen LogP contribution in [0.5, 0.6) is 0 Å². The van der Waals surface area contributed by atoms with Crippen LogP contribution in [0.3, 0.4) is 0 Å². The Morgan fingerprint density at radius 1 is 1.30 bits per heavy atom. The van der Waals surface area contributed by atoms with Crippen LogP contribution < -0.4 is 5.73 Å². The predicted octanol–water partition coefficient (Wildman–Crippen LogP) is 3.07. The predicted molar refractivity (Wildman–Crippen MR) is 85.0 cm³/mol. The van der Waals surface area contributed by atoms with Crippen molar-refractivity contribution in [2.75, 3.05) is 7.05 Å². The first-order valence-electron chi connectivity index (χ1n) is 7.06. The van der Waals surface area contributed by atoms with Crippen LogP contribution in [0.1, 0.15) is 50.2 Å². The molecule has 0 atom stereocenters. The van der Waals surface area contributed by atoms with Crippen LogP contribution in [0.4, 0.5) is 0 Å². The summed E-state index contributed by atoms with van der Waals surface area (Å²) < 4.78 is 0. The molecule has 0 heterocycles. The Bertz CT molecular complexity index is 452. The van der Waals surface area contributed by atoms with E-state index in [-0.39, 0.29) is 18.3 Å². The van der Waals surface area contributed by atoms with E-state index < -0.39 is 5.54 Å². The van der Waals surface area contributed by atoms with Crippen LogP contribution in [0.15, 0.2) is 24.3 Å². The second kappa shape index (κ2) is 6.59. The highest BCUT2D eigenvalue weighted by molar-refractivity contribution is 5.86. The maximum atomic E-state index is 12.2. The molecule has 1 amide bonds. The van der Waals surface area contributed by atoms with Crippen LogP contribution in [0.2, 0.25) is 0 Å². The number of nitrogens with zero attached hydrogens (tertiary/aromatic N) is 1. The SMILES string of the molecule is CC(C)c1ccc(CN(C)C(=O)C2(N)CCC2)cc1.Cl. The third-order valence-electron chi connectivity index (χ3n) is 4.08. The number of hydrogen-bond donors (Lipinski definition) is 1. The van der Waals surface area contributed by atoms with Crippen LogP contribution in [-0.4, -0.2) is 23.4 Å². The first-order chi connectivity index (χ1) is 8.92. The van der Waals surface area contributed by atoms with Crippen molar-refractivity contribution in [3.05, 3.63) is 35.4 Å². The van der Waals surface area contributed by atoms with Crippen molar-refractivity contribution in [3.8, 4) is 0 Å². The molecule has 1 aromatic carbocycles. The van der Waals surface area contributed by atoms with E-state index in [1.54, 1.807) is 4.90 Å². The second-order valence-electron chi connectivity index (χ2n) is 6.07. The first-order valence-corrected chi connectivity index (χ1v) is 7.06. The molecule has 1 aliphatic carbocycles. The fourth-order valence-electron chi connectivity index (χ4n) is 2.51. The zero-order valence-corrected chi connectivity index (χ0v) is 13.4. The molecular weight excluding hydrogens is 272 g/mol. The van der Waals surface area contributed by atoms with E-state index in [2.05, 4.69) is 38.1 Å². The topological polar surface area (TPSA) is 46.3 Å². The van der Waals surface area contributed by atoms with Gasteiger partial charge in [-0.05, 0) is 36.3 Å². The Hall–Kier alpha value is -1.06. The van der Waals surface area contributed by atoms with E-state index >= 15 is 0 Å². The molecule has 0 saturated heterocycles. The quantitative estimate of drug-likeness (QED) is 0.928. The summed E-state index contributed by atoms with van der Waals surface area (Å²) in [5.74, 6) is 0.613. The normalized spacial score (nSPS) is 16.2. The van der Waals surface area contributed by atoms with Crippen LogP contribution in [0.25, 0.3) is 0 Å². The minimum Gasteiger partial charge on any atom is -0.340 e. The van der Waals surface area contributed by atoms with Gasteiger partial charge in [-0.2, -0.15) is 0 Å². The van der Waals surface area contributed by atoms with E-state index in [1.165, 1.54) is 5.56 Å². The minimum atomic E-state index is -0.591. The smallest absolute Gasteiger partial charge is 0.242 e. The highest BCUT2D eigenvalue weighted by atomic mass is 35.5. The van der Waals surface area contributed by atoms with Crippen molar-refractivity contribution in [1.29, 1.82) is 0 Å². The summed E-state index contributed by atoms with van der Waals surface area (Å²) in [6.45, 7) is 5.00. The van der Waals surface area contributed by atoms with Gasteiger partial charge in [0.2, 0.25) is 5.91 Å². The molecule has 0 spiro atoms. The molecule has 3 nitrogen and oxygen atoms in total. The number of hydrogen-bond acceptors (Lipinski definition) is 2. The van der Waals surface area contributed by atoms with Crippen molar-refractivity contribution >= 4 is 18.3 Å². The van der Waals surface area contributed by atoms with Gasteiger partial charge in [0.25, 0.3) is 0 Å². The molecule has 112 valence electrons. The summed E-state index contributed by atoms with van der Waals surface area (Å²) in [7, 11) is 1.84. The number of carbonyl (C=O) groups is 1. The summed E-state index contributed by atoms with van der Waals surface area (Å²) in [5, 5.41) is 0. The van der Waals surface area contributed by atoms with Gasteiger partial charge in [-0.25, -0.2) is 0 Å². The van der Waals surface area contributed by atoms with Gasteiger partial charge in [0.05, 0.1) is 5.54 Å². The molecule has 2 N–H and O–H groups in total. The Morgan fingerprint density at radius 3 is 2.25 bits per heavy atom. The molecule has 0 aromatic heterocycles. The van der Waals surface area contributed by atoms with Crippen LogP contribution in [0, 0.1) is 0 Å². The molecule has 1 fully saturated rings. The van der Waals surface area contributed by atoms with E-state index in [9.17, 15) is 4.79 Å². The molecule has 0 bridgehead atoms. The summed E-state index contributed by atoms with van der Waals surface area (Å²) >= 11 is 0. The van der Waals surface area contributed by atoms with Gasteiger partial charge in [0.1, 0.15) is 0 Å². The van der Waals surface area contributed by atoms with Gasteiger partial charge >= 0.3 is 0 Å². The van der Waals surface area contributed by atoms with Gasteiger partial charge in [-0.1, -0.05) is 38.1 Å². The van der Waals surface area contributed by atoms with Gasteiger partial charge in [-0.15, -0.1) is 12.4 Å². The Labute approximate surface area is 127 Å². The molecule has 1 aliphatic rings. The number of amides is 1. The lowest BCUT2D eigenvalue weighted by Gasteiger charge is -2.39. The second-order valence-corrected chi connectivity index (χ2v) is 6.07. The number of carbonyl (C=O) groups excluding carboxylic acids is 1. The highest BCUT2D eigenvalue weighted by Crippen LogP contribution is 2.31. The summed E-state index contributed by atoms with van der Waals surface area (Å²) in [4.78, 5) is 14.0. The van der Waals surface area contributed by atoms with E-state index in [0.29, 0.717) is 12.5 Å². The van der Waals surface area contributed by atoms with E-state index in [4.69, 9.17) is 5.73 Å². The summed E-state index contributed by atoms with van der Waals surface area (Å²) in [6, 6.07) is 8.48. The number of halogens is 1. The fraction of sp³-hybridized carbons (Fsp3) is 0.562. The summed E-state index contributed by atoms with van der Waals surface area (Å²) in [6.07, 6.45) is 2.71.